The van der Waals surface area contributed by atoms with Crippen molar-refractivity contribution in [1.29, 1.82) is 0 Å². The molecule has 0 spiro atoms. The van der Waals surface area contributed by atoms with Crippen molar-refractivity contribution in [1.82, 2.24) is 5.32 Å². The molecule has 4 nitrogen and oxygen atoms in total. The molecular formula is C16H19NO3. The first kappa shape index (κ1) is 14.3. The van der Waals surface area contributed by atoms with Crippen LogP contribution in [0.15, 0.2) is 24.3 Å². The number of nitrogens with one attached hydrogen (secondary N) is 1. The molecule has 1 aromatic rings. The highest BCUT2D eigenvalue weighted by atomic mass is 16.4. The van der Waals surface area contributed by atoms with E-state index in [4.69, 9.17) is 5.11 Å². The van der Waals surface area contributed by atoms with Crippen LogP contribution in [-0.2, 0) is 4.79 Å². The minimum atomic E-state index is -0.999. The average molecular weight is 273 g/mol. The zero-order valence-electron chi connectivity index (χ0n) is 11.8. The standard InChI is InChI=1S/C16H19NO3/c1-11-4-5-13(10-12(11)6-7-14(18)19)15(20)17-16(2)8-3-9-16/h4-7,10H,3,8-9H2,1-2H3,(H,17,20)(H,18,19)/b7-6+. The van der Waals surface area contributed by atoms with Gasteiger partial charge in [-0.05, 0) is 62.4 Å². The molecule has 1 amide bonds. The molecule has 0 saturated heterocycles. The number of carboxylic acids is 1. The maximum absolute atomic E-state index is 12.2. The third-order valence-electron chi connectivity index (χ3n) is 3.82. The summed E-state index contributed by atoms with van der Waals surface area (Å²) in [4.78, 5) is 22.8. The number of aryl methyl sites for hydroxylation is 1. The largest absolute Gasteiger partial charge is 0.478 e. The molecule has 106 valence electrons. The van der Waals surface area contributed by atoms with Crippen LogP contribution in [0.1, 0.15) is 47.7 Å². The van der Waals surface area contributed by atoms with E-state index in [0.29, 0.717) is 5.56 Å². The van der Waals surface area contributed by atoms with Gasteiger partial charge in [0, 0.05) is 17.2 Å². The van der Waals surface area contributed by atoms with Gasteiger partial charge in [-0.15, -0.1) is 0 Å². The van der Waals surface area contributed by atoms with Gasteiger partial charge in [-0.1, -0.05) is 6.07 Å². The molecular weight excluding hydrogens is 254 g/mol. The lowest BCUT2D eigenvalue weighted by Crippen LogP contribution is -2.50. The Balaban J connectivity index is 2.17. The monoisotopic (exact) mass is 273 g/mol. The Morgan fingerprint density at radius 1 is 1.35 bits per heavy atom. The quantitative estimate of drug-likeness (QED) is 0.829. The summed E-state index contributed by atoms with van der Waals surface area (Å²) in [7, 11) is 0. The van der Waals surface area contributed by atoms with Gasteiger partial charge in [-0.2, -0.15) is 0 Å². The first-order valence-corrected chi connectivity index (χ1v) is 6.74. The van der Waals surface area contributed by atoms with Gasteiger partial charge in [-0.25, -0.2) is 4.79 Å². The first-order valence-electron chi connectivity index (χ1n) is 6.74. The van der Waals surface area contributed by atoms with E-state index >= 15 is 0 Å². The third kappa shape index (κ3) is 3.26. The number of rotatable bonds is 4. The highest BCUT2D eigenvalue weighted by molar-refractivity contribution is 5.96. The van der Waals surface area contributed by atoms with E-state index in [2.05, 4.69) is 5.32 Å². The first-order chi connectivity index (χ1) is 9.39. The highest BCUT2D eigenvalue weighted by Crippen LogP contribution is 2.31. The molecule has 20 heavy (non-hydrogen) atoms. The van der Waals surface area contributed by atoms with Crippen molar-refractivity contribution >= 4 is 18.0 Å². The summed E-state index contributed by atoms with van der Waals surface area (Å²) >= 11 is 0. The minimum absolute atomic E-state index is 0.0843. The van der Waals surface area contributed by atoms with Crippen molar-refractivity contribution in [3.63, 3.8) is 0 Å². The second-order valence-corrected chi connectivity index (χ2v) is 5.61. The predicted molar refractivity (Wildman–Crippen MR) is 77.6 cm³/mol. The summed E-state index contributed by atoms with van der Waals surface area (Å²) in [6.45, 7) is 3.93. The van der Waals surface area contributed by atoms with Crippen LogP contribution in [-0.4, -0.2) is 22.5 Å². The Kier molecular flexibility index (Phi) is 3.93. The minimum Gasteiger partial charge on any atom is -0.478 e. The SMILES string of the molecule is Cc1ccc(C(=O)NC2(C)CCC2)cc1/C=C/C(=O)O. The van der Waals surface area contributed by atoms with Crippen LogP contribution in [0.4, 0.5) is 0 Å². The van der Waals surface area contributed by atoms with E-state index in [1.54, 1.807) is 12.1 Å². The molecule has 1 aliphatic rings. The maximum atomic E-state index is 12.2. The fourth-order valence-corrected chi connectivity index (χ4v) is 2.30. The van der Waals surface area contributed by atoms with Crippen molar-refractivity contribution < 1.29 is 14.7 Å². The summed E-state index contributed by atoms with van der Waals surface area (Å²) in [6, 6.07) is 5.33. The summed E-state index contributed by atoms with van der Waals surface area (Å²) in [5.41, 5.74) is 2.17. The van der Waals surface area contributed by atoms with Crippen molar-refractivity contribution in [3.8, 4) is 0 Å². The zero-order valence-corrected chi connectivity index (χ0v) is 11.8. The van der Waals surface area contributed by atoms with Gasteiger partial charge in [0.25, 0.3) is 5.91 Å². The second-order valence-electron chi connectivity index (χ2n) is 5.61. The van der Waals surface area contributed by atoms with Crippen molar-refractivity contribution in [3.05, 3.63) is 41.0 Å². The fraction of sp³-hybridized carbons (Fsp3) is 0.375. The van der Waals surface area contributed by atoms with Crippen LogP contribution < -0.4 is 5.32 Å². The highest BCUT2D eigenvalue weighted by Gasteiger charge is 2.33. The van der Waals surface area contributed by atoms with Crippen LogP contribution >= 0.6 is 0 Å². The van der Waals surface area contributed by atoms with Gasteiger partial charge in [0.15, 0.2) is 0 Å². The smallest absolute Gasteiger partial charge is 0.328 e. The number of benzene rings is 1. The van der Waals surface area contributed by atoms with E-state index in [1.165, 1.54) is 6.08 Å². The molecule has 0 radical (unpaired) electrons. The van der Waals surface area contributed by atoms with Crippen LogP contribution in [0.3, 0.4) is 0 Å². The summed E-state index contributed by atoms with van der Waals surface area (Å²) in [5.74, 6) is -1.10. The fourth-order valence-electron chi connectivity index (χ4n) is 2.30. The Morgan fingerprint density at radius 3 is 2.60 bits per heavy atom. The van der Waals surface area contributed by atoms with Crippen LogP contribution in [0.25, 0.3) is 6.08 Å². The van der Waals surface area contributed by atoms with E-state index in [9.17, 15) is 9.59 Å². The topological polar surface area (TPSA) is 66.4 Å². The van der Waals surface area contributed by atoms with Gasteiger partial charge < -0.3 is 10.4 Å². The maximum Gasteiger partial charge on any atom is 0.328 e. The van der Waals surface area contributed by atoms with Gasteiger partial charge in [-0.3, -0.25) is 4.79 Å². The van der Waals surface area contributed by atoms with Gasteiger partial charge in [0.2, 0.25) is 0 Å². The molecule has 4 heteroatoms. The van der Waals surface area contributed by atoms with Crippen molar-refractivity contribution in [2.75, 3.05) is 0 Å². The van der Waals surface area contributed by atoms with E-state index < -0.39 is 5.97 Å². The molecule has 1 aromatic carbocycles. The normalized spacial score (nSPS) is 16.7. The van der Waals surface area contributed by atoms with Gasteiger partial charge in [0.1, 0.15) is 0 Å². The lowest BCUT2D eigenvalue weighted by Gasteiger charge is -2.39. The van der Waals surface area contributed by atoms with Gasteiger partial charge in [0.05, 0.1) is 0 Å². The summed E-state index contributed by atoms with van der Waals surface area (Å²) in [5, 5.41) is 11.7. The third-order valence-corrected chi connectivity index (χ3v) is 3.82. The molecule has 0 unspecified atom stereocenters. The molecule has 0 bridgehead atoms. The van der Waals surface area contributed by atoms with Crippen LogP contribution in [0.2, 0.25) is 0 Å². The lowest BCUT2D eigenvalue weighted by atomic mass is 9.78. The van der Waals surface area contributed by atoms with Crippen molar-refractivity contribution in [2.45, 2.75) is 38.6 Å². The Hall–Kier alpha value is -2.10. The number of aliphatic carboxylic acids is 1. The zero-order chi connectivity index (χ0) is 14.8. The molecule has 1 saturated carbocycles. The number of carboxylic acid groups (broad SMARTS) is 1. The summed E-state index contributed by atoms with van der Waals surface area (Å²) in [6.07, 6.45) is 5.76. The molecule has 0 aliphatic heterocycles. The number of amides is 1. The van der Waals surface area contributed by atoms with E-state index in [1.807, 2.05) is 19.9 Å². The molecule has 1 aliphatic carbocycles. The van der Waals surface area contributed by atoms with Crippen LogP contribution in [0.5, 0.6) is 0 Å². The number of carbonyl (C=O) groups is 2. The number of hydrogen-bond acceptors (Lipinski definition) is 2. The lowest BCUT2D eigenvalue weighted by molar-refractivity contribution is -0.131. The Bertz CT molecular complexity index is 571. The molecule has 0 atom stereocenters. The predicted octanol–water partition coefficient (Wildman–Crippen LogP) is 2.77. The second kappa shape index (κ2) is 5.49. The van der Waals surface area contributed by atoms with Crippen molar-refractivity contribution in [2.24, 2.45) is 0 Å². The van der Waals surface area contributed by atoms with E-state index in [-0.39, 0.29) is 11.4 Å². The number of carbonyl (C=O) groups excluding carboxylic acids is 1. The molecule has 0 heterocycles. The van der Waals surface area contributed by atoms with Gasteiger partial charge >= 0.3 is 5.97 Å². The number of hydrogen-bond donors (Lipinski definition) is 2. The summed E-state index contributed by atoms with van der Waals surface area (Å²) < 4.78 is 0. The van der Waals surface area contributed by atoms with Crippen LogP contribution in [0, 0.1) is 6.92 Å². The molecule has 2 N–H and O–H groups in total. The molecule has 2 rings (SSSR count). The Labute approximate surface area is 118 Å². The Morgan fingerprint density at radius 2 is 2.05 bits per heavy atom. The molecule has 0 aromatic heterocycles. The average Bonchev–Trinajstić information content (AvgIpc) is 2.35. The van der Waals surface area contributed by atoms with E-state index in [0.717, 1.165) is 36.5 Å². The molecule has 1 fully saturated rings.